The van der Waals surface area contributed by atoms with Crippen molar-refractivity contribution in [2.24, 2.45) is 0 Å². The van der Waals surface area contributed by atoms with E-state index in [1.54, 1.807) is 0 Å². The van der Waals surface area contributed by atoms with Gasteiger partial charge in [-0.15, -0.1) is 0 Å². The van der Waals surface area contributed by atoms with E-state index in [0.717, 1.165) is 11.3 Å². The van der Waals surface area contributed by atoms with Crippen LogP contribution < -0.4 is 0 Å². The molecule has 24 heavy (non-hydrogen) atoms. The number of aromatic nitrogens is 1. The Hall–Kier alpha value is -3.13. The largest absolute Gasteiger partial charge is 0.440 e. The molecule has 1 heterocycles. The van der Waals surface area contributed by atoms with Crippen molar-refractivity contribution in [1.82, 2.24) is 4.98 Å². The van der Waals surface area contributed by atoms with Crippen molar-refractivity contribution in [1.29, 1.82) is 0 Å². The van der Waals surface area contributed by atoms with Crippen molar-refractivity contribution in [3.05, 3.63) is 102 Å². The molecule has 5 rings (SSSR count). The Labute approximate surface area is 140 Å². The summed E-state index contributed by atoms with van der Waals surface area (Å²) in [7, 11) is 0. The van der Waals surface area contributed by atoms with Gasteiger partial charge < -0.3 is 4.42 Å². The highest BCUT2D eigenvalue weighted by molar-refractivity contribution is 5.80. The first-order chi connectivity index (χ1) is 11.9. The summed E-state index contributed by atoms with van der Waals surface area (Å²) in [6.45, 7) is 0. The Morgan fingerprint density at radius 3 is 1.92 bits per heavy atom. The summed E-state index contributed by atoms with van der Waals surface area (Å²) in [6, 6.07) is 27.1. The molecule has 0 amide bonds. The number of nitrogens with zero attached hydrogens (tertiary/aromatic N) is 1. The van der Waals surface area contributed by atoms with Gasteiger partial charge in [-0.05, 0) is 34.4 Å². The monoisotopic (exact) mass is 309 g/mol. The molecule has 0 unspecified atom stereocenters. The van der Waals surface area contributed by atoms with Gasteiger partial charge in [-0.3, -0.25) is 0 Å². The molecule has 0 aliphatic heterocycles. The van der Waals surface area contributed by atoms with Gasteiger partial charge in [0.1, 0.15) is 5.76 Å². The molecule has 2 heteroatoms. The van der Waals surface area contributed by atoms with E-state index in [9.17, 15) is 0 Å². The minimum atomic E-state index is 0.113. The minimum Gasteiger partial charge on any atom is -0.440 e. The van der Waals surface area contributed by atoms with Crippen molar-refractivity contribution >= 4 is 0 Å². The lowest BCUT2D eigenvalue weighted by molar-refractivity contribution is 0.514. The lowest BCUT2D eigenvalue weighted by Gasteiger charge is -2.09. The summed E-state index contributed by atoms with van der Waals surface area (Å²) in [5, 5.41) is 0. The molecule has 1 aromatic heterocycles. The normalized spacial score (nSPS) is 12.8. The SMILES string of the molecule is c1ccc(-c2ncc(C3c4ccccc4-c4ccccc43)o2)cc1. The first kappa shape index (κ1) is 13.3. The van der Waals surface area contributed by atoms with Crippen LogP contribution in [0.15, 0.2) is 89.5 Å². The molecule has 3 aromatic carbocycles. The Morgan fingerprint density at radius 2 is 1.25 bits per heavy atom. The Kier molecular flexibility index (Phi) is 2.89. The molecule has 1 aliphatic carbocycles. The topological polar surface area (TPSA) is 26.0 Å². The fraction of sp³-hybridized carbons (Fsp3) is 0.0455. The Morgan fingerprint density at radius 1 is 0.667 bits per heavy atom. The van der Waals surface area contributed by atoms with Crippen LogP contribution in [0.25, 0.3) is 22.6 Å². The number of fused-ring (bicyclic) bond motifs is 3. The summed E-state index contributed by atoms with van der Waals surface area (Å²) in [6.07, 6.45) is 1.87. The van der Waals surface area contributed by atoms with Gasteiger partial charge in [0.25, 0.3) is 0 Å². The van der Waals surface area contributed by atoms with Crippen LogP contribution in [0, 0.1) is 0 Å². The second-order valence-electron chi connectivity index (χ2n) is 6.04. The smallest absolute Gasteiger partial charge is 0.226 e. The van der Waals surface area contributed by atoms with E-state index in [1.165, 1.54) is 22.3 Å². The van der Waals surface area contributed by atoms with Gasteiger partial charge in [-0.25, -0.2) is 4.98 Å². The summed E-state index contributed by atoms with van der Waals surface area (Å²) in [4.78, 5) is 4.51. The average molecular weight is 309 g/mol. The third-order valence-electron chi connectivity index (χ3n) is 4.66. The van der Waals surface area contributed by atoms with E-state index < -0.39 is 0 Å². The van der Waals surface area contributed by atoms with Crippen LogP contribution in [0.1, 0.15) is 22.8 Å². The molecule has 114 valence electrons. The molecule has 0 saturated heterocycles. The molecule has 0 atom stereocenters. The van der Waals surface area contributed by atoms with Crippen molar-refractivity contribution in [2.45, 2.75) is 5.92 Å². The van der Waals surface area contributed by atoms with Crippen LogP contribution in [0.2, 0.25) is 0 Å². The molecule has 4 aromatic rings. The van der Waals surface area contributed by atoms with Crippen molar-refractivity contribution < 1.29 is 4.42 Å². The maximum absolute atomic E-state index is 6.16. The highest BCUT2D eigenvalue weighted by Crippen LogP contribution is 2.48. The molecule has 0 saturated carbocycles. The Bertz CT molecular complexity index is 971. The van der Waals surface area contributed by atoms with E-state index in [2.05, 4.69) is 53.5 Å². The van der Waals surface area contributed by atoms with Crippen LogP contribution in [-0.2, 0) is 0 Å². The van der Waals surface area contributed by atoms with Gasteiger partial charge in [0.2, 0.25) is 5.89 Å². The fourth-order valence-electron chi connectivity index (χ4n) is 3.60. The van der Waals surface area contributed by atoms with Crippen LogP contribution in [0.5, 0.6) is 0 Å². The summed E-state index contributed by atoms with van der Waals surface area (Å²) in [5.41, 5.74) is 6.15. The lowest BCUT2D eigenvalue weighted by Crippen LogP contribution is -1.97. The van der Waals surface area contributed by atoms with Gasteiger partial charge in [0.15, 0.2) is 0 Å². The second kappa shape index (κ2) is 5.20. The first-order valence-electron chi connectivity index (χ1n) is 8.11. The van der Waals surface area contributed by atoms with Crippen LogP contribution in [0.3, 0.4) is 0 Å². The predicted octanol–water partition coefficient (Wildman–Crippen LogP) is 5.50. The summed E-state index contributed by atoms with van der Waals surface area (Å²) < 4.78 is 6.16. The van der Waals surface area contributed by atoms with E-state index >= 15 is 0 Å². The van der Waals surface area contributed by atoms with Gasteiger partial charge >= 0.3 is 0 Å². The van der Waals surface area contributed by atoms with E-state index in [0.29, 0.717) is 5.89 Å². The zero-order valence-corrected chi connectivity index (χ0v) is 13.0. The lowest BCUT2D eigenvalue weighted by atomic mass is 9.95. The number of rotatable bonds is 2. The number of oxazole rings is 1. The Balaban J connectivity index is 1.66. The molecule has 0 bridgehead atoms. The van der Waals surface area contributed by atoms with Gasteiger partial charge in [-0.1, -0.05) is 66.7 Å². The minimum absolute atomic E-state index is 0.113. The molecule has 0 radical (unpaired) electrons. The standard InChI is InChI=1S/C22H15NO/c1-2-8-15(9-3-1)22-23-14-20(24-22)21-18-12-6-4-10-16(18)17-11-5-7-13-19(17)21/h1-14,21H. The molecule has 0 N–H and O–H groups in total. The quantitative estimate of drug-likeness (QED) is 0.430. The summed E-state index contributed by atoms with van der Waals surface area (Å²) in [5.74, 6) is 1.68. The molecule has 1 aliphatic rings. The molecular formula is C22H15NO. The molecule has 0 spiro atoms. The number of hydrogen-bond acceptors (Lipinski definition) is 2. The van der Waals surface area contributed by atoms with Crippen molar-refractivity contribution in [2.75, 3.05) is 0 Å². The maximum Gasteiger partial charge on any atom is 0.226 e. The zero-order chi connectivity index (χ0) is 15.9. The number of hydrogen-bond donors (Lipinski definition) is 0. The maximum atomic E-state index is 6.16. The fourth-order valence-corrected chi connectivity index (χ4v) is 3.60. The summed E-state index contributed by atoms with van der Waals surface area (Å²) >= 11 is 0. The van der Waals surface area contributed by atoms with Crippen LogP contribution >= 0.6 is 0 Å². The van der Waals surface area contributed by atoms with Crippen molar-refractivity contribution in [3.63, 3.8) is 0 Å². The second-order valence-corrected chi connectivity index (χ2v) is 6.04. The van der Waals surface area contributed by atoms with Gasteiger partial charge in [-0.2, -0.15) is 0 Å². The number of benzene rings is 3. The van der Waals surface area contributed by atoms with Gasteiger partial charge in [0.05, 0.1) is 12.1 Å². The van der Waals surface area contributed by atoms with E-state index in [-0.39, 0.29) is 5.92 Å². The van der Waals surface area contributed by atoms with Crippen LogP contribution in [-0.4, -0.2) is 4.98 Å². The predicted molar refractivity (Wildman–Crippen MR) is 94.8 cm³/mol. The zero-order valence-electron chi connectivity index (χ0n) is 13.0. The van der Waals surface area contributed by atoms with E-state index in [4.69, 9.17) is 4.42 Å². The third kappa shape index (κ3) is 1.93. The first-order valence-corrected chi connectivity index (χ1v) is 8.11. The van der Waals surface area contributed by atoms with Crippen LogP contribution in [0.4, 0.5) is 0 Å². The molecular weight excluding hydrogens is 294 g/mol. The average Bonchev–Trinajstić information content (AvgIpc) is 3.25. The van der Waals surface area contributed by atoms with Gasteiger partial charge in [0, 0.05) is 5.56 Å². The molecule has 0 fully saturated rings. The van der Waals surface area contributed by atoms with Crippen molar-refractivity contribution in [3.8, 4) is 22.6 Å². The third-order valence-corrected chi connectivity index (χ3v) is 4.66. The highest BCUT2D eigenvalue weighted by atomic mass is 16.4. The highest BCUT2D eigenvalue weighted by Gasteiger charge is 2.31. The van der Waals surface area contributed by atoms with E-state index in [1.807, 2.05) is 36.5 Å². The molecule has 2 nitrogen and oxygen atoms in total.